The molecule has 3 heteroatoms. The molecule has 1 unspecified atom stereocenters. The van der Waals surface area contributed by atoms with E-state index in [1.165, 1.54) is 0 Å². The lowest BCUT2D eigenvalue weighted by atomic mass is 10.1. The number of likely N-dealkylation sites (N-methyl/N-ethyl adjacent to an activating group) is 1. The maximum atomic E-state index is 10.1. The Kier molecular flexibility index (Phi) is 4.13. The highest BCUT2D eigenvalue weighted by Gasteiger charge is 2.13. The highest BCUT2D eigenvalue weighted by molar-refractivity contribution is 5.37. The normalized spacial score (nSPS) is 12.5. The Hall–Kier alpha value is -1.35. The predicted octanol–water partition coefficient (Wildman–Crippen LogP) is 1.46. The van der Waals surface area contributed by atoms with Crippen molar-refractivity contribution in [1.29, 1.82) is 0 Å². The van der Waals surface area contributed by atoms with Crippen molar-refractivity contribution in [3.05, 3.63) is 35.9 Å². The minimum absolute atomic E-state index is 0.126. The Bertz CT molecular complexity index is 272. The minimum atomic E-state index is 0.126. The molecule has 1 aromatic rings. The van der Waals surface area contributed by atoms with E-state index in [9.17, 15) is 4.79 Å². The SMILES string of the molecule is CN(C)C(COC=O)c1ccccc1. The fraction of sp³-hybridized carbons (Fsp3) is 0.364. The van der Waals surface area contributed by atoms with Crippen LogP contribution >= 0.6 is 0 Å². The molecule has 1 rings (SSSR count). The van der Waals surface area contributed by atoms with E-state index in [0.29, 0.717) is 13.1 Å². The molecule has 0 fully saturated rings. The third-order valence-corrected chi connectivity index (χ3v) is 2.13. The summed E-state index contributed by atoms with van der Waals surface area (Å²) in [6.07, 6.45) is 0. The van der Waals surface area contributed by atoms with Crippen molar-refractivity contribution < 1.29 is 9.53 Å². The van der Waals surface area contributed by atoms with Crippen LogP contribution in [0.15, 0.2) is 30.3 Å². The van der Waals surface area contributed by atoms with Crippen LogP contribution in [-0.2, 0) is 9.53 Å². The molecular formula is C11H15NO2. The average Bonchev–Trinajstić information content (AvgIpc) is 2.19. The molecule has 0 saturated heterocycles. The molecule has 0 aliphatic carbocycles. The average molecular weight is 193 g/mol. The van der Waals surface area contributed by atoms with Crippen LogP contribution in [0.1, 0.15) is 11.6 Å². The summed E-state index contributed by atoms with van der Waals surface area (Å²) in [4.78, 5) is 12.1. The lowest BCUT2D eigenvalue weighted by Gasteiger charge is -2.23. The van der Waals surface area contributed by atoms with Gasteiger partial charge in [-0.3, -0.25) is 9.69 Å². The highest BCUT2D eigenvalue weighted by Crippen LogP contribution is 2.17. The summed E-state index contributed by atoms with van der Waals surface area (Å²) >= 11 is 0. The zero-order valence-electron chi connectivity index (χ0n) is 8.51. The van der Waals surface area contributed by atoms with Gasteiger partial charge in [0.15, 0.2) is 0 Å². The standard InChI is InChI=1S/C11H15NO2/c1-12(2)11(8-14-9-13)10-6-4-3-5-7-10/h3-7,9,11H,8H2,1-2H3. The molecule has 1 aromatic carbocycles. The maximum Gasteiger partial charge on any atom is 0.293 e. The lowest BCUT2D eigenvalue weighted by molar-refractivity contribution is -0.130. The summed E-state index contributed by atoms with van der Waals surface area (Å²) < 4.78 is 4.79. The monoisotopic (exact) mass is 193 g/mol. The van der Waals surface area contributed by atoms with Gasteiger partial charge in [0, 0.05) is 0 Å². The number of carbonyl (C=O) groups is 1. The van der Waals surface area contributed by atoms with Crippen LogP contribution in [0.4, 0.5) is 0 Å². The largest absolute Gasteiger partial charge is 0.466 e. The first-order chi connectivity index (χ1) is 6.75. The lowest BCUT2D eigenvalue weighted by Crippen LogP contribution is -2.24. The third kappa shape index (κ3) is 2.85. The Morgan fingerprint density at radius 2 is 2.00 bits per heavy atom. The smallest absolute Gasteiger partial charge is 0.293 e. The summed E-state index contributed by atoms with van der Waals surface area (Å²) in [5.41, 5.74) is 1.15. The Morgan fingerprint density at radius 3 is 2.50 bits per heavy atom. The van der Waals surface area contributed by atoms with Crippen LogP contribution in [0.2, 0.25) is 0 Å². The zero-order chi connectivity index (χ0) is 10.4. The van der Waals surface area contributed by atoms with Gasteiger partial charge in [-0.25, -0.2) is 0 Å². The van der Waals surface area contributed by atoms with E-state index >= 15 is 0 Å². The molecule has 0 aliphatic heterocycles. The first-order valence-electron chi connectivity index (χ1n) is 4.52. The summed E-state index contributed by atoms with van der Waals surface area (Å²) in [5.74, 6) is 0. The van der Waals surface area contributed by atoms with Crippen LogP contribution in [0.25, 0.3) is 0 Å². The van der Waals surface area contributed by atoms with Crippen molar-refractivity contribution in [3.63, 3.8) is 0 Å². The highest BCUT2D eigenvalue weighted by atomic mass is 16.5. The maximum absolute atomic E-state index is 10.1. The number of rotatable bonds is 5. The van der Waals surface area contributed by atoms with E-state index in [0.717, 1.165) is 5.56 Å². The number of hydrogen-bond acceptors (Lipinski definition) is 3. The molecule has 0 spiro atoms. The van der Waals surface area contributed by atoms with Crippen molar-refractivity contribution in [2.24, 2.45) is 0 Å². The molecule has 0 heterocycles. The minimum Gasteiger partial charge on any atom is -0.466 e. The van der Waals surface area contributed by atoms with Crippen LogP contribution in [0.3, 0.4) is 0 Å². The predicted molar refractivity (Wildman–Crippen MR) is 54.9 cm³/mol. The fourth-order valence-corrected chi connectivity index (χ4v) is 1.35. The van der Waals surface area contributed by atoms with Crippen LogP contribution in [-0.4, -0.2) is 32.1 Å². The van der Waals surface area contributed by atoms with Gasteiger partial charge in [0.25, 0.3) is 6.47 Å². The van der Waals surface area contributed by atoms with Gasteiger partial charge in [0.05, 0.1) is 6.04 Å². The van der Waals surface area contributed by atoms with Gasteiger partial charge in [0.2, 0.25) is 0 Å². The molecule has 0 amide bonds. The Labute approximate surface area is 84.3 Å². The molecule has 14 heavy (non-hydrogen) atoms. The first kappa shape index (κ1) is 10.7. The van der Waals surface area contributed by atoms with Crippen molar-refractivity contribution in [2.45, 2.75) is 6.04 Å². The van der Waals surface area contributed by atoms with Crippen molar-refractivity contribution >= 4 is 6.47 Å². The fourth-order valence-electron chi connectivity index (χ4n) is 1.35. The summed E-state index contributed by atoms with van der Waals surface area (Å²) in [5, 5.41) is 0. The number of benzene rings is 1. The molecule has 0 aliphatic rings. The van der Waals surface area contributed by atoms with Gasteiger partial charge < -0.3 is 4.74 Å². The summed E-state index contributed by atoms with van der Waals surface area (Å²) in [7, 11) is 3.93. The van der Waals surface area contributed by atoms with E-state index in [4.69, 9.17) is 4.74 Å². The van der Waals surface area contributed by atoms with Crippen molar-refractivity contribution in [3.8, 4) is 0 Å². The second-order valence-corrected chi connectivity index (χ2v) is 3.32. The third-order valence-electron chi connectivity index (χ3n) is 2.13. The van der Waals surface area contributed by atoms with Gasteiger partial charge in [-0.1, -0.05) is 30.3 Å². The summed E-state index contributed by atoms with van der Waals surface area (Å²) in [6, 6.07) is 10.1. The van der Waals surface area contributed by atoms with Crippen molar-refractivity contribution in [1.82, 2.24) is 4.90 Å². The van der Waals surface area contributed by atoms with E-state index < -0.39 is 0 Å². The quantitative estimate of drug-likeness (QED) is 0.663. The van der Waals surface area contributed by atoms with Gasteiger partial charge in [-0.2, -0.15) is 0 Å². The number of nitrogens with zero attached hydrogens (tertiary/aromatic N) is 1. The molecule has 0 aromatic heterocycles. The second kappa shape index (κ2) is 5.40. The van der Waals surface area contributed by atoms with E-state index in [1.807, 2.05) is 49.3 Å². The summed E-state index contributed by atoms with van der Waals surface area (Å²) in [6.45, 7) is 0.875. The van der Waals surface area contributed by atoms with Gasteiger partial charge in [-0.05, 0) is 19.7 Å². The molecule has 0 N–H and O–H groups in total. The molecule has 1 atom stereocenters. The molecule has 0 saturated carbocycles. The van der Waals surface area contributed by atoms with E-state index in [-0.39, 0.29) is 6.04 Å². The molecule has 0 bridgehead atoms. The molecular weight excluding hydrogens is 178 g/mol. The number of ether oxygens (including phenoxy) is 1. The number of hydrogen-bond donors (Lipinski definition) is 0. The topological polar surface area (TPSA) is 29.5 Å². The Morgan fingerprint density at radius 1 is 1.36 bits per heavy atom. The molecule has 0 radical (unpaired) electrons. The van der Waals surface area contributed by atoms with E-state index in [1.54, 1.807) is 0 Å². The van der Waals surface area contributed by atoms with Gasteiger partial charge >= 0.3 is 0 Å². The molecule has 76 valence electrons. The van der Waals surface area contributed by atoms with E-state index in [2.05, 4.69) is 0 Å². The van der Waals surface area contributed by atoms with Gasteiger partial charge in [-0.15, -0.1) is 0 Å². The van der Waals surface area contributed by atoms with Crippen LogP contribution in [0.5, 0.6) is 0 Å². The number of carbonyl (C=O) groups excluding carboxylic acids is 1. The Balaban J connectivity index is 2.72. The van der Waals surface area contributed by atoms with Crippen LogP contribution in [0, 0.1) is 0 Å². The second-order valence-electron chi connectivity index (χ2n) is 3.32. The van der Waals surface area contributed by atoms with Crippen molar-refractivity contribution in [2.75, 3.05) is 20.7 Å². The van der Waals surface area contributed by atoms with Gasteiger partial charge in [0.1, 0.15) is 6.61 Å². The zero-order valence-corrected chi connectivity index (χ0v) is 8.51. The molecule has 3 nitrogen and oxygen atoms in total. The first-order valence-corrected chi connectivity index (χ1v) is 4.52. The van der Waals surface area contributed by atoms with Crippen LogP contribution < -0.4 is 0 Å².